The zero-order chi connectivity index (χ0) is 22.6. The first-order chi connectivity index (χ1) is 15.4. The van der Waals surface area contributed by atoms with E-state index in [1.54, 1.807) is 27.8 Å². The lowest BCUT2D eigenvalue weighted by Gasteiger charge is -2.38. The van der Waals surface area contributed by atoms with E-state index in [2.05, 4.69) is 5.32 Å². The second-order valence-corrected chi connectivity index (χ2v) is 10.7. The van der Waals surface area contributed by atoms with Gasteiger partial charge < -0.3 is 14.8 Å². The van der Waals surface area contributed by atoms with Crippen molar-refractivity contribution in [3.8, 4) is 11.5 Å². The number of carbonyl (C=O) groups is 1. The molecule has 10 heteroatoms. The van der Waals surface area contributed by atoms with E-state index in [0.29, 0.717) is 56.6 Å². The van der Waals surface area contributed by atoms with Gasteiger partial charge in [-0.1, -0.05) is 19.3 Å². The highest BCUT2D eigenvalue weighted by Crippen LogP contribution is 2.32. The summed E-state index contributed by atoms with van der Waals surface area (Å²) in [6, 6.07) is 5.50. The van der Waals surface area contributed by atoms with Gasteiger partial charge in [0.2, 0.25) is 5.91 Å². The number of fused-ring (bicyclic) bond motifs is 1. The Bertz CT molecular complexity index is 896. The molecule has 0 aromatic heterocycles. The lowest BCUT2D eigenvalue weighted by molar-refractivity contribution is -0.117. The molecule has 1 aliphatic carbocycles. The van der Waals surface area contributed by atoms with Gasteiger partial charge in [-0.25, -0.2) is 0 Å². The van der Waals surface area contributed by atoms with Crippen LogP contribution in [0.4, 0.5) is 5.69 Å². The first kappa shape index (κ1) is 23.3. The summed E-state index contributed by atoms with van der Waals surface area (Å²) in [5, 5.41) is 2.91. The van der Waals surface area contributed by atoms with Crippen molar-refractivity contribution in [3.63, 3.8) is 0 Å². The maximum absolute atomic E-state index is 13.0. The summed E-state index contributed by atoms with van der Waals surface area (Å²) in [5.74, 6) is 1.20. The lowest BCUT2D eigenvalue weighted by Crippen LogP contribution is -2.55. The SMILES string of the molecule is CN(C1CCCCC1)S(=O)(=O)N1CCN(CC(=O)Nc2ccc3c(c2)OCCCO3)CC1. The van der Waals surface area contributed by atoms with Crippen molar-refractivity contribution in [1.82, 2.24) is 13.5 Å². The van der Waals surface area contributed by atoms with Gasteiger partial charge in [-0.15, -0.1) is 0 Å². The molecule has 4 rings (SSSR count). The zero-order valence-corrected chi connectivity index (χ0v) is 19.6. The van der Waals surface area contributed by atoms with Crippen LogP contribution >= 0.6 is 0 Å². The molecule has 1 saturated heterocycles. The highest BCUT2D eigenvalue weighted by atomic mass is 32.2. The van der Waals surface area contributed by atoms with Crippen LogP contribution in [0.2, 0.25) is 0 Å². The lowest BCUT2D eigenvalue weighted by atomic mass is 9.96. The van der Waals surface area contributed by atoms with Crippen LogP contribution in [0, 0.1) is 0 Å². The molecule has 2 fully saturated rings. The Hall–Kier alpha value is -1.88. The molecule has 1 aromatic rings. The first-order valence-corrected chi connectivity index (χ1v) is 13.0. The summed E-state index contributed by atoms with van der Waals surface area (Å²) < 4.78 is 40.5. The van der Waals surface area contributed by atoms with Crippen LogP contribution in [0.25, 0.3) is 0 Å². The molecule has 1 saturated carbocycles. The molecule has 1 amide bonds. The number of hydrogen-bond donors (Lipinski definition) is 1. The zero-order valence-electron chi connectivity index (χ0n) is 18.8. The fourth-order valence-electron chi connectivity index (χ4n) is 4.58. The average Bonchev–Trinajstić information content (AvgIpc) is 3.04. The molecular formula is C22H34N4O5S. The van der Waals surface area contributed by atoms with Gasteiger partial charge >= 0.3 is 0 Å². The normalized spacial score (nSPS) is 21.3. The Morgan fingerprint density at radius 2 is 1.72 bits per heavy atom. The summed E-state index contributed by atoms with van der Waals surface area (Å²) >= 11 is 0. The van der Waals surface area contributed by atoms with Crippen molar-refractivity contribution in [2.24, 2.45) is 0 Å². The number of anilines is 1. The van der Waals surface area contributed by atoms with E-state index in [-0.39, 0.29) is 18.5 Å². The second-order valence-electron chi connectivity index (χ2n) is 8.75. The molecular weight excluding hydrogens is 432 g/mol. The van der Waals surface area contributed by atoms with E-state index in [0.717, 1.165) is 32.1 Å². The minimum atomic E-state index is -3.46. The van der Waals surface area contributed by atoms with Crippen LogP contribution in [-0.4, -0.2) is 86.9 Å². The van der Waals surface area contributed by atoms with Gasteiger partial charge in [0.1, 0.15) is 0 Å². The van der Waals surface area contributed by atoms with Crippen LogP contribution in [0.15, 0.2) is 18.2 Å². The number of nitrogens with one attached hydrogen (secondary N) is 1. The van der Waals surface area contributed by atoms with E-state index < -0.39 is 10.2 Å². The second kappa shape index (κ2) is 10.4. The van der Waals surface area contributed by atoms with Crippen molar-refractivity contribution in [2.45, 2.75) is 44.6 Å². The quantitative estimate of drug-likeness (QED) is 0.689. The molecule has 9 nitrogen and oxygen atoms in total. The standard InChI is InChI=1S/C22H34N4O5S/c1-24(19-6-3-2-4-7-19)32(28,29)26-12-10-25(11-13-26)17-22(27)23-18-8-9-20-21(16-18)31-15-5-14-30-20/h8-9,16,19H,2-7,10-15,17H2,1H3,(H,23,27). The van der Waals surface area contributed by atoms with Crippen molar-refractivity contribution in [3.05, 3.63) is 18.2 Å². The fourth-order valence-corrected chi connectivity index (χ4v) is 6.15. The van der Waals surface area contributed by atoms with Crippen molar-refractivity contribution >= 4 is 21.8 Å². The molecule has 32 heavy (non-hydrogen) atoms. The van der Waals surface area contributed by atoms with Gasteiger partial charge in [-0.3, -0.25) is 9.69 Å². The Morgan fingerprint density at radius 3 is 2.44 bits per heavy atom. The molecule has 1 N–H and O–H groups in total. The first-order valence-electron chi connectivity index (χ1n) is 11.6. The van der Waals surface area contributed by atoms with Gasteiger partial charge in [-0.2, -0.15) is 17.0 Å². The van der Waals surface area contributed by atoms with Crippen molar-refractivity contribution < 1.29 is 22.7 Å². The number of amides is 1. The number of nitrogens with zero attached hydrogens (tertiary/aromatic N) is 3. The minimum absolute atomic E-state index is 0.104. The maximum atomic E-state index is 13.0. The molecule has 0 unspecified atom stereocenters. The number of carbonyl (C=O) groups excluding carboxylic acids is 1. The van der Waals surface area contributed by atoms with Gasteiger partial charge in [0, 0.05) is 57.4 Å². The molecule has 0 bridgehead atoms. The predicted octanol–water partition coefficient (Wildman–Crippen LogP) is 1.91. The number of hydrogen-bond acceptors (Lipinski definition) is 6. The van der Waals surface area contributed by atoms with E-state index in [4.69, 9.17) is 9.47 Å². The summed E-state index contributed by atoms with van der Waals surface area (Å²) in [6.07, 6.45) is 6.09. The monoisotopic (exact) mass is 466 g/mol. The topological polar surface area (TPSA) is 91.4 Å². The molecule has 0 radical (unpaired) electrons. The summed E-state index contributed by atoms with van der Waals surface area (Å²) in [7, 11) is -1.75. The molecule has 0 spiro atoms. The van der Waals surface area contributed by atoms with Crippen LogP contribution in [0.5, 0.6) is 11.5 Å². The number of benzene rings is 1. The smallest absolute Gasteiger partial charge is 0.282 e. The van der Waals surface area contributed by atoms with Crippen molar-refractivity contribution in [1.29, 1.82) is 0 Å². The average molecular weight is 467 g/mol. The Morgan fingerprint density at radius 1 is 1.03 bits per heavy atom. The van der Waals surface area contributed by atoms with Gasteiger partial charge in [0.15, 0.2) is 11.5 Å². The summed E-state index contributed by atoms with van der Waals surface area (Å²) in [4.78, 5) is 14.5. The third-order valence-electron chi connectivity index (χ3n) is 6.51. The number of rotatable bonds is 6. The molecule has 178 valence electrons. The molecule has 0 atom stereocenters. The highest BCUT2D eigenvalue weighted by molar-refractivity contribution is 7.86. The van der Waals surface area contributed by atoms with E-state index in [9.17, 15) is 13.2 Å². The van der Waals surface area contributed by atoms with Crippen LogP contribution in [0.1, 0.15) is 38.5 Å². The molecule has 2 heterocycles. The maximum Gasteiger partial charge on any atom is 0.282 e. The Balaban J connectivity index is 1.26. The number of piperazine rings is 1. The van der Waals surface area contributed by atoms with Crippen LogP contribution < -0.4 is 14.8 Å². The van der Waals surface area contributed by atoms with Crippen LogP contribution in [0.3, 0.4) is 0 Å². The largest absolute Gasteiger partial charge is 0.490 e. The van der Waals surface area contributed by atoms with Gasteiger partial charge in [0.05, 0.1) is 19.8 Å². The predicted molar refractivity (Wildman–Crippen MR) is 122 cm³/mol. The van der Waals surface area contributed by atoms with E-state index >= 15 is 0 Å². The molecule has 1 aromatic carbocycles. The Labute approximate surface area is 190 Å². The summed E-state index contributed by atoms with van der Waals surface area (Å²) in [6.45, 7) is 3.30. The molecule has 2 aliphatic heterocycles. The van der Waals surface area contributed by atoms with E-state index in [1.807, 2.05) is 11.0 Å². The molecule has 3 aliphatic rings. The van der Waals surface area contributed by atoms with E-state index in [1.165, 1.54) is 6.42 Å². The van der Waals surface area contributed by atoms with Gasteiger partial charge in [0.25, 0.3) is 10.2 Å². The third kappa shape index (κ3) is 5.54. The van der Waals surface area contributed by atoms with Crippen LogP contribution in [-0.2, 0) is 15.0 Å². The minimum Gasteiger partial charge on any atom is -0.490 e. The van der Waals surface area contributed by atoms with Crippen molar-refractivity contribution in [2.75, 3.05) is 58.3 Å². The highest BCUT2D eigenvalue weighted by Gasteiger charge is 2.34. The third-order valence-corrected chi connectivity index (χ3v) is 8.55. The van der Waals surface area contributed by atoms with Gasteiger partial charge in [-0.05, 0) is 25.0 Å². The summed E-state index contributed by atoms with van der Waals surface area (Å²) in [5.41, 5.74) is 0.662. The Kier molecular flexibility index (Phi) is 7.55. The number of ether oxygens (including phenoxy) is 2. The fraction of sp³-hybridized carbons (Fsp3) is 0.682.